The Bertz CT molecular complexity index is 1350. The Morgan fingerprint density at radius 2 is 1.63 bits per heavy atom. The smallest absolute Gasteiger partial charge is 0.385 e. The van der Waals surface area contributed by atoms with Crippen LogP contribution in [0.5, 0.6) is 0 Å². The van der Waals surface area contributed by atoms with Gasteiger partial charge in [0, 0.05) is 40.5 Å². The molecule has 0 radical (unpaired) electrons. The quantitative estimate of drug-likeness (QED) is 0.353. The van der Waals surface area contributed by atoms with E-state index in [4.69, 9.17) is 10.4 Å². The van der Waals surface area contributed by atoms with Gasteiger partial charge in [0.2, 0.25) is 5.39 Å². The standard InChI is InChI=1S/C25H20N3O.ClH/c1-25(2)13-20-23(21(29)14-25)22(16-7-10-17(28-26)11-8-16)19-12-9-15-5-3-4-6-18(15)24(19)27-20;/h3-12H,13-14H2,1-2H3;1H/q+1;/p-1. The van der Waals surface area contributed by atoms with Gasteiger partial charge in [-0.05, 0) is 34.9 Å². The minimum atomic E-state index is -0.105. The van der Waals surface area contributed by atoms with E-state index in [1.807, 2.05) is 24.3 Å². The average Bonchev–Trinajstić information content (AvgIpc) is 2.71. The molecule has 0 bridgehead atoms. The zero-order chi connectivity index (χ0) is 20.2. The van der Waals surface area contributed by atoms with Gasteiger partial charge in [-0.2, -0.15) is 0 Å². The van der Waals surface area contributed by atoms with Gasteiger partial charge in [-0.1, -0.05) is 50.2 Å². The Labute approximate surface area is 181 Å². The molecule has 4 aromatic rings. The van der Waals surface area contributed by atoms with Gasteiger partial charge in [-0.3, -0.25) is 9.78 Å². The number of hydrogen-bond donors (Lipinski definition) is 0. The van der Waals surface area contributed by atoms with Crippen LogP contribution in [0.25, 0.3) is 37.8 Å². The van der Waals surface area contributed by atoms with E-state index in [-0.39, 0.29) is 23.6 Å². The molecule has 0 amide bonds. The van der Waals surface area contributed by atoms with E-state index >= 15 is 0 Å². The maximum atomic E-state index is 13.2. The number of nitrogens with zero attached hydrogens (tertiary/aromatic N) is 3. The van der Waals surface area contributed by atoms with Crippen LogP contribution in [0, 0.1) is 10.8 Å². The summed E-state index contributed by atoms with van der Waals surface area (Å²) in [4.78, 5) is 21.5. The van der Waals surface area contributed by atoms with Crippen molar-refractivity contribution in [3.05, 3.63) is 76.9 Å². The highest BCUT2D eigenvalue weighted by atomic mass is 35.5. The number of carbonyl (C=O) groups excluding carboxylic acids is 1. The summed E-state index contributed by atoms with van der Waals surface area (Å²) in [7, 11) is 0. The number of pyridine rings is 1. The summed E-state index contributed by atoms with van der Waals surface area (Å²) in [6.45, 7) is 4.25. The highest BCUT2D eigenvalue weighted by Gasteiger charge is 2.35. The number of halogens is 1. The third-order valence-electron chi connectivity index (χ3n) is 5.79. The summed E-state index contributed by atoms with van der Waals surface area (Å²) in [6.07, 6.45) is 1.28. The summed E-state index contributed by atoms with van der Waals surface area (Å²) in [5.41, 5.74) is 4.79. The summed E-state index contributed by atoms with van der Waals surface area (Å²) in [5.74, 6) is 0.143. The van der Waals surface area contributed by atoms with Crippen molar-refractivity contribution in [3.63, 3.8) is 0 Å². The molecule has 0 unspecified atom stereocenters. The number of ketones is 1. The molecule has 0 saturated heterocycles. The van der Waals surface area contributed by atoms with Crippen LogP contribution in [0.1, 0.15) is 36.3 Å². The van der Waals surface area contributed by atoms with Gasteiger partial charge in [0.05, 0.1) is 11.2 Å². The van der Waals surface area contributed by atoms with Crippen molar-refractivity contribution in [3.8, 4) is 11.1 Å². The van der Waals surface area contributed by atoms with Crippen molar-refractivity contribution >= 4 is 33.1 Å². The molecule has 30 heavy (non-hydrogen) atoms. The lowest BCUT2D eigenvalue weighted by Gasteiger charge is -2.31. The third kappa shape index (κ3) is 3.12. The maximum absolute atomic E-state index is 13.2. The number of diazo groups is 1. The highest BCUT2D eigenvalue weighted by molar-refractivity contribution is 6.16. The second-order valence-electron chi connectivity index (χ2n) is 8.58. The number of benzene rings is 3. The fourth-order valence-electron chi connectivity index (χ4n) is 4.51. The van der Waals surface area contributed by atoms with Crippen LogP contribution >= 0.6 is 0 Å². The van der Waals surface area contributed by atoms with Crippen molar-refractivity contribution in [2.45, 2.75) is 26.7 Å². The van der Waals surface area contributed by atoms with E-state index < -0.39 is 0 Å². The molecule has 1 aliphatic rings. The molecule has 0 fully saturated rings. The van der Waals surface area contributed by atoms with Gasteiger partial charge in [-0.15, -0.1) is 0 Å². The van der Waals surface area contributed by atoms with Crippen LogP contribution in [0.3, 0.4) is 0 Å². The molecule has 5 heteroatoms. The molecule has 0 atom stereocenters. The minimum Gasteiger partial charge on any atom is -1.00 e. The normalized spacial score (nSPS) is 14.8. The molecule has 5 rings (SSSR count). The van der Waals surface area contributed by atoms with Crippen LogP contribution < -0.4 is 12.4 Å². The molecule has 0 spiro atoms. The van der Waals surface area contributed by atoms with E-state index in [0.29, 0.717) is 12.1 Å². The van der Waals surface area contributed by atoms with E-state index in [0.717, 1.165) is 50.5 Å². The van der Waals surface area contributed by atoms with E-state index in [1.54, 1.807) is 12.1 Å². The summed E-state index contributed by atoms with van der Waals surface area (Å²) >= 11 is 0. The molecule has 1 aromatic heterocycles. The zero-order valence-corrected chi connectivity index (χ0v) is 17.6. The van der Waals surface area contributed by atoms with Crippen LogP contribution in [-0.2, 0) is 6.42 Å². The van der Waals surface area contributed by atoms with Gasteiger partial charge in [0.15, 0.2) is 10.8 Å². The molecule has 0 aliphatic heterocycles. The fourth-order valence-corrected chi connectivity index (χ4v) is 4.51. The van der Waals surface area contributed by atoms with Crippen LogP contribution in [-0.4, -0.2) is 10.8 Å². The molecule has 0 saturated carbocycles. The predicted octanol–water partition coefficient (Wildman–Crippen LogP) is 3.70. The lowest BCUT2D eigenvalue weighted by molar-refractivity contribution is -0.0000164. The third-order valence-corrected chi connectivity index (χ3v) is 5.79. The Morgan fingerprint density at radius 3 is 2.37 bits per heavy atom. The number of rotatable bonds is 1. The van der Waals surface area contributed by atoms with Crippen molar-refractivity contribution < 1.29 is 17.2 Å². The maximum Gasteiger partial charge on any atom is 0.385 e. The molecular formula is C25H20ClN3O. The molecule has 4 nitrogen and oxygen atoms in total. The van der Waals surface area contributed by atoms with Crippen molar-refractivity contribution in [2.75, 3.05) is 0 Å². The van der Waals surface area contributed by atoms with Crippen molar-refractivity contribution in [1.29, 1.82) is 5.39 Å². The zero-order valence-electron chi connectivity index (χ0n) is 16.8. The topological polar surface area (TPSA) is 58.1 Å². The van der Waals surface area contributed by atoms with Gasteiger partial charge in [0.25, 0.3) is 0 Å². The average molecular weight is 414 g/mol. The van der Waals surface area contributed by atoms with Gasteiger partial charge in [0.1, 0.15) is 0 Å². The van der Waals surface area contributed by atoms with Crippen LogP contribution in [0.2, 0.25) is 0 Å². The lowest BCUT2D eigenvalue weighted by Crippen LogP contribution is -3.00. The molecule has 1 aliphatic carbocycles. The molecule has 148 valence electrons. The predicted molar refractivity (Wildman–Crippen MR) is 116 cm³/mol. The molecule has 1 heterocycles. The molecule has 0 N–H and O–H groups in total. The van der Waals surface area contributed by atoms with Crippen molar-refractivity contribution in [2.24, 2.45) is 5.41 Å². The first kappa shape index (κ1) is 20.0. The fraction of sp³-hybridized carbons (Fsp3) is 0.200. The number of Topliss-reactive ketones (excluding diaryl/α,β-unsaturated/α-hetero) is 1. The van der Waals surface area contributed by atoms with Crippen molar-refractivity contribution in [1.82, 2.24) is 4.98 Å². The Kier molecular flexibility index (Phi) is 4.80. The van der Waals surface area contributed by atoms with Gasteiger partial charge in [-0.25, -0.2) is 0 Å². The van der Waals surface area contributed by atoms with Gasteiger partial charge >= 0.3 is 5.69 Å². The molecule has 3 aromatic carbocycles. The first-order valence-corrected chi connectivity index (χ1v) is 9.80. The Hall–Kier alpha value is -3.29. The van der Waals surface area contributed by atoms with Crippen LogP contribution in [0.15, 0.2) is 60.7 Å². The van der Waals surface area contributed by atoms with Gasteiger partial charge < -0.3 is 12.4 Å². The highest BCUT2D eigenvalue weighted by Crippen LogP contribution is 2.43. The first-order chi connectivity index (χ1) is 14.0. The second kappa shape index (κ2) is 7.19. The van der Waals surface area contributed by atoms with E-state index in [2.05, 4.69) is 43.1 Å². The summed E-state index contributed by atoms with van der Waals surface area (Å²) in [6, 6.07) is 19.7. The van der Waals surface area contributed by atoms with E-state index in [9.17, 15) is 4.79 Å². The largest absolute Gasteiger partial charge is 1.00 e. The lowest BCUT2D eigenvalue weighted by atomic mass is 9.73. The van der Waals surface area contributed by atoms with E-state index in [1.165, 1.54) is 0 Å². The molecular weight excluding hydrogens is 394 g/mol. The minimum absolute atomic E-state index is 0. The number of carbonyl (C=O) groups is 1. The second-order valence-corrected chi connectivity index (χ2v) is 8.58. The Morgan fingerprint density at radius 1 is 0.900 bits per heavy atom. The number of fused-ring (bicyclic) bond motifs is 4. The number of aromatic nitrogens is 1. The SMILES string of the molecule is CC1(C)CC(=O)c2c(nc3c(ccc4ccccc43)c2-c2ccc([N+]#N)cc2)C1.[Cl-]. The summed E-state index contributed by atoms with van der Waals surface area (Å²) < 4.78 is 0. The van der Waals surface area contributed by atoms with Crippen LogP contribution in [0.4, 0.5) is 5.69 Å². The number of hydrogen-bond acceptors (Lipinski definition) is 3. The monoisotopic (exact) mass is 413 g/mol. The first-order valence-electron chi connectivity index (χ1n) is 9.80. The summed E-state index contributed by atoms with van der Waals surface area (Å²) in [5, 5.41) is 12.2. The Balaban J connectivity index is 0.00000218.